The summed E-state index contributed by atoms with van der Waals surface area (Å²) in [5.74, 6) is 0.136. The molecule has 4 aromatic rings. The van der Waals surface area contributed by atoms with Crippen LogP contribution in [-0.2, 0) is 13.1 Å². The van der Waals surface area contributed by atoms with Crippen molar-refractivity contribution in [2.75, 3.05) is 0 Å². The number of pyridine rings is 3. The van der Waals surface area contributed by atoms with Crippen molar-refractivity contribution in [1.29, 1.82) is 0 Å². The van der Waals surface area contributed by atoms with E-state index in [4.69, 9.17) is 4.98 Å². The fourth-order valence-electron chi connectivity index (χ4n) is 3.68. The van der Waals surface area contributed by atoms with Crippen LogP contribution < -0.4 is 0 Å². The zero-order valence-corrected chi connectivity index (χ0v) is 18.9. The molecule has 0 atom stereocenters. The number of hydrogen-bond acceptors (Lipinski definition) is 5. The zero-order valence-electron chi connectivity index (χ0n) is 18.9. The van der Waals surface area contributed by atoms with Crippen molar-refractivity contribution >= 4 is 16.9 Å². The Kier molecular flexibility index (Phi) is 6.25. The minimum absolute atomic E-state index is 0.0525. The first-order chi connectivity index (χ1) is 15.4. The number of hydrogen-bond donors (Lipinski definition) is 0. The molecule has 0 saturated carbocycles. The predicted molar refractivity (Wildman–Crippen MR) is 124 cm³/mol. The van der Waals surface area contributed by atoms with Crippen molar-refractivity contribution in [1.82, 2.24) is 29.6 Å². The number of fused-ring (bicyclic) bond motifs is 1. The van der Waals surface area contributed by atoms with Gasteiger partial charge in [0.2, 0.25) is 0 Å². The van der Waals surface area contributed by atoms with Crippen LogP contribution in [0.25, 0.3) is 11.0 Å². The first kappa shape index (κ1) is 21.6. The largest absolute Gasteiger partial charge is 0.330 e. The summed E-state index contributed by atoms with van der Waals surface area (Å²) in [6, 6.07) is 9.81. The molecule has 7 nitrogen and oxygen atoms in total. The minimum Gasteiger partial charge on any atom is -0.330 e. The quantitative estimate of drug-likeness (QED) is 0.424. The van der Waals surface area contributed by atoms with Gasteiger partial charge in [-0.3, -0.25) is 14.8 Å². The third kappa shape index (κ3) is 4.51. The van der Waals surface area contributed by atoms with Crippen LogP contribution in [0.3, 0.4) is 0 Å². The summed E-state index contributed by atoms with van der Waals surface area (Å²) < 4.78 is 1.88. The van der Waals surface area contributed by atoms with Gasteiger partial charge in [-0.15, -0.1) is 0 Å². The summed E-state index contributed by atoms with van der Waals surface area (Å²) in [7, 11) is 0. The maximum Gasteiger partial charge on any atom is 0.255 e. The average molecular weight is 429 g/mol. The van der Waals surface area contributed by atoms with Crippen molar-refractivity contribution in [2.45, 2.75) is 52.7 Å². The second-order valence-corrected chi connectivity index (χ2v) is 8.55. The monoisotopic (exact) mass is 428 g/mol. The van der Waals surface area contributed by atoms with Gasteiger partial charge in [0.1, 0.15) is 0 Å². The number of carbonyl (C=O) groups excluding carboxylic acids is 1. The molecule has 4 rings (SSSR count). The molecule has 0 aliphatic carbocycles. The lowest BCUT2D eigenvalue weighted by molar-refractivity contribution is 0.0731. The van der Waals surface area contributed by atoms with Crippen molar-refractivity contribution in [2.24, 2.45) is 0 Å². The molecule has 164 valence electrons. The van der Waals surface area contributed by atoms with Gasteiger partial charge in [-0.25, -0.2) is 9.67 Å². The van der Waals surface area contributed by atoms with Gasteiger partial charge in [0.15, 0.2) is 5.65 Å². The summed E-state index contributed by atoms with van der Waals surface area (Å²) in [5, 5.41) is 5.31. The molecule has 0 N–H and O–H groups in total. The summed E-state index contributed by atoms with van der Waals surface area (Å²) in [6.07, 6.45) is 8.78. The normalized spacial score (nSPS) is 11.4. The molecule has 0 saturated heterocycles. The number of rotatable bonds is 7. The van der Waals surface area contributed by atoms with Crippen molar-refractivity contribution in [3.05, 3.63) is 83.7 Å². The molecule has 1 amide bonds. The smallest absolute Gasteiger partial charge is 0.255 e. The molecule has 0 aliphatic rings. The van der Waals surface area contributed by atoms with E-state index in [0.29, 0.717) is 18.7 Å². The molecule has 4 heterocycles. The van der Waals surface area contributed by atoms with Gasteiger partial charge in [0, 0.05) is 49.6 Å². The second kappa shape index (κ2) is 9.26. The van der Waals surface area contributed by atoms with E-state index in [2.05, 4.69) is 42.8 Å². The van der Waals surface area contributed by atoms with Crippen LogP contribution >= 0.6 is 0 Å². The molecule has 0 unspecified atom stereocenters. The highest BCUT2D eigenvalue weighted by Crippen LogP contribution is 2.26. The number of amides is 1. The van der Waals surface area contributed by atoms with E-state index >= 15 is 0 Å². The Balaban J connectivity index is 1.80. The highest BCUT2D eigenvalue weighted by Gasteiger charge is 2.23. The van der Waals surface area contributed by atoms with Gasteiger partial charge >= 0.3 is 0 Å². The second-order valence-electron chi connectivity index (χ2n) is 8.55. The Hall–Kier alpha value is -3.61. The molecule has 0 aromatic carbocycles. The predicted octanol–water partition coefficient (Wildman–Crippen LogP) is 4.77. The topological polar surface area (TPSA) is 76.8 Å². The number of nitrogens with zero attached hydrogens (tertiary/aromatic N) is 6. The van der Waals surface area contributed by atoms with Crippen molar-refractivity contribution < 1.29 is 4.79 Å². The van der Waals surface area contributed by atoms with Crippen LogP contribution in [0, 0.1) is 0 Å². The molecule has 0 radical (unpaired) electrons. The lowest BCUT2D eigenvalue weighted by Gasteiger charge is -2.24. The summed E-state index contributed by atoms with van der Waals surface area (Å²) in [5.41, 5.74) is 4.25. The zero-order chi connectivity index (χ0) is 22.7. The third-order valence-electron chi connectivity index (χ3n) is 5.40. The highest BCUT2D eigenvalue weighted by atomic mass is 16.2. The van der Waals surface area contributed by atoms with Crippen molar-refractivity contribution in [3.63, 3.8) is 0 Å². The van der Waals surface area contributed by atoms with Crippen LogP contribution in [0.1, 0.15) is 66.8 Å². The number of aromatic nitrogens is 5. The molecule has 4 aromatic heterocycles. The molecular weight excluding hydrogens is 400 g/mol. The maximum absolute atomic E-state index is 13.9. The third-order valence-corrected chi connectivity index (χ3v) is 5.40. The Morgan fingerprint density at radius 3 is 2.38 bits per heavy atom. The Bertz CT molecular complexity index is 1160. The fraction of sp³-hybridized carbons (Fsp3) is 0.320. The highest BCUT2D eigenvalue weighted by molar-refractivity contribution is 6.05. The summed E-state index contributed by atoms with van der Waals surface area (Å²) in [4.78, 5) is 28.9. The lowest BCUT2D eigenvalue weighted by atomic mass is 10.0. The van der Waals surface area contributed by atoms with Gasteiger partial charge in [0.05, 0.1) is 17.1 Å². The molecule has 7 heteroatoms. The van der Waals surface area contributed by atoms with Crippen LogP contribution in [-0.4, -0.2) is 35.5 Å². The Labute approximate surface area is 188 Å². The van der Waals surface area contributed by atoms with Crippen LogP contribution in [0.2, 0.25) is 0 Å². The maximum atomic E-state index is 13.9. The first-order valence-electron chi connectivity index (χ1n) is 10.9. The minimum atomic E-state index is -0.0525. The SMILES string of the molecule is CC(C)c1cc(C(=O)N(Cc2ccncc2)Cc2cccnc2)c2cnn(C(C)C)c2n1. The van der Waals surface area contributed by atoms with Crippen molar-refractivity contribution in [3.8, 4) is 0 Å². The van der Waals surface area contributed by atoms with Gasteiger partial charge in [-0.2, -0.15) is 5.10 Å². The van der Waals surface area contributed by atoms with Gasteiger partial charge in [0.25, 0.3) is 5.91 Å². The van der Waals surface area contributed by atoms with Crippen LogP contribution in [0.5, 0.6) is 0 Å². The summed E-state index contributed by atoms with van der Waals surface area (Å²) >= 11 is 0. The van der Waals surface area contributed by atoms with E-state index in [9.17, 15) is 4.79 Å². The first-order valence-corrected chi connectivity index (χ1v) is 10.9. The van der Waals surface area contributed by atoms with E-state index in [1.54, 1.807) is 31.0 Å². The van der Waals surface area contributed by atoms with E-state index in [-0.39, 0.29) is 17.9 Å². The fourth-order valence-corrected chi connectivity index (χ4v) is 3.68. The van der Waals surface area contributed by atoms with Gasteiger partial charge < -0.3 is 4.90 Å². The molecule has 0 bridgehead atoms. The molecular formula is C25H28N6O. The standard InChI is InChI=1S/C25H28N6O/c1-17(2)23-12-21(22-14-28-31(18(3)4)24(22)29-23)25(32)30(15-19-7-10-26-11-8-19)16-20-6-5-9-27-13-20/h5-14,17-18H,15-16H2,1-4H3. The van der Waals surface area contributed by atoms with E-state index in [1.165, 1.54) is 0 Å². The van der Waals surface area contributed by atoms with Gasteiger partial charge in [-0.05, 0) is 55.2 Å². The Morgan fingerprint density at radius 2 is 1.72 bits per heavy atom. The Morgan fingerprint density at radius 1 is 0.969 bits per heavy atom. The molecule has 0 spiro atoms. The number of carbonyl (C=O) groups is 1. The van der Waals surface area contributed by atoms with Crippen LogP contribution in [0.4, 0.5) is 0 Å². The van der Waals surface area contributed by atoms with Gasteiger partial charge in [-0.1, -0.05) is 19.9 Å². The van der Waals surface area contributed by atoms with E-state index in [0.717, 1.165) is 27.9 Å². The molecule has 0 aliphatic heterocycles. The van der Waals surface area contributed by atoms with E-state index < -0.39 is 0 Å². The van der Waals surface area contributed by atoms with Crippen LogP contribution in [0.15, 0.2) is 61.3 Å². The lowest BCUT2D eigenvalue weighted by Crippen LogP contribution is -2.30. The average Bonchev–Trinajstić information content (AvgIpc) is 3.23. The van der Waals surface area contributed by atoms with E-state index in [1.807, 2.05) is 39.9 Å². The summed E-state index contributed by atoms with van der Waals surface area (Å²) in [6.45, 7) is 9.22. The molecule has 0 fully saturated rings. The molecule has 32 heavy (non-hydrogen) atoms.